The summed E-state index contributed by atoms with van der Waals surface area (Å²) in [5, 5.41) is 7.66. The second-order valence-electron chi connectivity index (χ2n) is 9.16. The minimum Gasteiger partial charge on any atom is -0.365 e. The van der Waals surface area contributed by atoms with E-state index in [4.69, 9.17) is 9.51 Å². The van der Waals surface area contributed by atoms with E-state index < -0.39 is 0 Å². The average Bonchev–Trinajstić information content (AvgIpc) is 3.27. The Hall–Kier alpha value is -2.83. The third-order valence-electron chi connectivity index (χ3n) is 5.61. The molecule has 7 heteroatoms. The highest BCUT2D eigenvalue weighted by Crippen LogP contribution is 2.34. The van der Waals surface area contributed by atoms with Crippen molar-refractivity contribution in [3.63, 3.8) is 0 Å². The summed E-state index contributed by atoms with van der Waals surface area (Å²) in [6.07, 6.45) is 4.66. The van der Waals surface area contributed by atoms with Crippen LogP contribution in [0.1, 0.15) is 74.0 Å². The molecule has 4 heterocycles. The maximum absolute atomic E-state index is 13.3. The van der Waals surface area contributed by atoms with Gasteiger partial charge in [0.25, 0.3) is 5.91 Å². The quantitative estimate of drug-likeness (QED) is 0.690. The molecule has 3 aromatic heterocycles. The van der Waals surface area contributed by atoms with Crippen molar-refractivity contribution in [3.8, 4) is 0 Å². The molecule has 1 aliphatic rings. The number of hydrogen-bond acceptors (Lipinski definition) is 5. The molecular weight excluding hydrogens is 378 g/mol. The first-order valence-electron chi connectivity index (χ1n) is 10.8. The fraction of sp³-hybridized carbons (Fsp3) is 0.522. The molecule has 1 N–H and O–H groups in total. The van der Waals surface area contributed by atoms with Gasteiger partial charge in [-0.3, -0.25) is 9.20 Å². The Bertz CT molecular complexity index is 1060. The number of aromatic nitrogens is 3. The second-order valence-corrected chi connectivity index (χ2v) is 9.16. The summed E-state index contributed by atoms with van der Waals surface area (Å²) < 4.78 is 7.47. The topological polar surface area (TPSA) is 75.7 Å². The van der Waals surface area contributed by atoms with Crippen molar-refractivity contribution in [1.29, 1.82) is 0 Å². The summed E-state index contributed by atoms with van der Waals surface area (Å²) in [6.45, 7) is 11.7. The first kappa shape index (κ1) is 20.4. The number of likely N-dealkylation sites (tertiary alicyclic amines) is 1. The van der Waals surface area contributed by atoms with Crippen molar-refractivity contribution < 1.29 is 9.32 Å². The lowest BCUT2D eigenvalue weighted by Crippen LogP contribution is -2.40. The number of carbonyl (C=O) groups excluding carboxylic acids is 1. The number of carbonyl (C=O) groups is 1. The van der Waals surface area contributed by atoms with Crippen molar-refractivity contribution in [2.24, 2.45) is 0 Å². The Morgan fingerprint density at radius 1 is 1.33 bits per heavy atom. The van der Waals surface area contributed by atoms with E-state index in [0.717, 1.165) is 36.5 Å². The van der Waals surface area contributed by atoms with Gasteiger partial charge in [-0.15, -0.1) is 0 Å². The van der Waals surface area contributed by atoms with Crippen LogP contribution in [-0.4, -0.2) is 44.0 Å². The first-order valence-corrected chi connectivity index (χ1v) is 10.8. The van der Waals surface area contributed by atoms with Crippen LogP contribution < -0.4 is 5.32 Å². The van der Waals surface area contributed by atoms with Gasteiger partial charge in [0, 0.05) is 37.2 Å². The van der Waals surface area contributed by atoms with Gasteiger partial charge in [-0.1, -0.05) is 18.1 Å². The zero-order valence-electron chi connectivity index (χ0n) is 18.5. The maximum Gasteiger partial charge on any atom is 0.259 e. The lowest BCUT2D eigenvalue weighted by molar-refractivity contribution is 0.0703. The number of imidazole rings is 1. The molecule has 160 valence electrons. The van der Waals surface area contributed by atoms with Crippen molar-refractivity contribution >= 4 is 17.4 Å². The summed E-state index contributed by atoms with van der Waals surface area (Å²) in [5.41, 5.74) is 3.15. The fourth-order valence-corrected chi connectivity index (χ4v) is 4.25. The van der Waals surface area contributed by atoms with Gasteiger partial charge in [0.15, 0.2) is 0 Å². The molecule has 0 spiro atoms. The monoisotopic (exact) mass is 409 g/mol. The van der Waals surface area contributed by atoms with Crippen molar-refractivity contribution in [2.75, 3.05) is 18.4 Å². The highest BCUT2D eigenvalue weighted by molar-refractivity contribution is 5.96. The van der Waals surface area contributed by atoms with E-state index in [1.807, 2.05) is 43.1 Å². The van der Waals surface area contributed by atoms with Gasteiger partial charge in [-0.2, -0.15) is 0 Å². The molecule has 0 aromatic carbocycles. The van der Waals surface area contributed by atoms with Gasteiger partial charge in [-0.05, 0) is 52.7 Å². The van der Waals surface area contributed by atoms with Crippen LogP contribution in [0.2, 0.25) is 0 Å². The lowest BCUT2D eigenvalue weighted by atomic mass is 9.93. The van der Waals surface area contributed by atoms with Crippen LogP contribution in [0.25, 0.3) is 5.65 Å². The first-order chi connectivity index (χ1) is 14.3. The van der Waals surface area contributed by atoms with Gasteiger partial charge >= 0.3 is 0 Å². The molecular formula is C23H31N5O2. The SMILES string of the molecule is CCc1onc(C)c1C(=O)N1CCCC(c2nc3ccccn3c2NC(C)(C)C)C1. The molecule has 1 fully saturated rings. The Labute approximate surface area is 177 Å². The molecule has 0 saturated carbocycles. The molecule has 1 aliphatic heterocycles. The number of fused-ring (bicyclic) bond motifs is 1. The number of aryl methyl sites for hydroxylation is 2. The standard InChI is InChI=1S/C23H31N5O2/c1-6-17-19(15(2)26-30-17)22(29)27-12-9-10-16(14-27)20-21(25-23(3,4)5)28-13-8-7-11-18(28)24-20/h7-8,11,13,16,25H,6,9-10,12,14H2,1-5H3. The number of hydrogen-bond donors (Lipinski definition) is 1. The van der Waals surface area contributed by atoms with E-state index in [1.165, 1.54) is 0 Å². The molecule has 0 bridgehead atoms. The number of amides is 1. The van der Waals surface area contributed by atoms with E-state index in [-0.39, 0.29) is 17.4 Å². The minimum absolute atomic E-state index is 0.0180. The van der Waals surface area contributed by atoms with Crippen molar-refractivity contribution in [2.45, 2.75) is 65.3 Å². The minimum atomic E-state index is -0.0969. The third-order valence-corrected chi connectivity index (χ3v) is 5.61. The fourth-order valence-electron chi connectivity index (χ4n) is 4.25. The Morgan fingerprint density at radius 3 is 2.87 bits per heavy atom. The third kappa shape index (κ3) is 3.80. The van der Waals surface area contributed by atoms with Crippen LogP contribution in [0.3, 0.4) is 0 Å². The smallest absolute Gasteiger partial charge is 0.259 e. The normalized spacial score (nSPS) is 17.5. The van der Waals surface area contributed by atoms with Crippen molar-refractivity contribution in [3.05, 3.63) is 47.1 Å². The summed E-state index contributed by atoms with van der Waals surface area (Å²) in [7, 11) is 0. The molecule has 0 aliphatic carbocycles. The van der Waals surface area contributed by atoms with Gasteiger partial charge in [0.2, 0.25) is 0 Å². The predicted molar refractivity (Wildman–Crippen MR) is 117 cm³/mol. The zero-order chi connectivity index (χ0) is 21.5. The van der Waals surface area contributed by atoms with E-state index >= 15 is 0 Å². The van der Waals surface area contributed by atoms with Crippen LogP contribution in [0, 0.1) is 6.92 Å². The summed E-state index contributed by atoms with van der Waals surface area (Å²) in [5.74, 6) is 1.89. The highest BCUT2D eigenvalue weighted by atomic mass is 16.5. The maximum atomic E-state index is 13.3. The van der Waals surface area contributed by atoms with Crippen LogP contribution in [0.5, 0.6) is 0 Å². The number of anilines is 1. The number of pyridine rings is 1. The number of nitrogens with zero attached hydrogens (tertiary/aromatic N) is 4. The number of rotatable bonds is 4. The Kier molecular flexibility index (Phi) is 5.30. The molecule has 30 heavy (non-hydrogen) atoms. The second kappa shape index (κ2) is 7.78. The van der Waals surface area contributed by atoms with Gasteiger partial charge in [0.1, 0.15) is 22.8 Å². The summed E-state index contributed by atoms with van der Waals surface area (Å²) in [4.78, 5) is 20.2. The predicted octanol–water partition coefficient (Wildman–Crippen LogP) is 4.42. The molecule has 1 unspecified atom stereocenters. The van der Waals surface area contributed by atoms with E-state index in [2.05, 4.69) is 35.6 Å². The van der Waals surface area contributed by atoms with Crippen LogP contribution in [0.15, 0.2) is 28.9 Å². The lowest BCUT2D eigenvalue weighted by Gasteiger charge is -2.33. The molecule has 1 amide bonds. The average molecular weight is 410 g/mol. The van der Waals surface area contributed by atoms with Crippen LogP contribution >= 0.6 is 0 Å². The molecule has 7 nitrogen and oxygen atoms in total. The largest absolute Gasteiger partial charge is 0.365 e. The number of nitrogens with one attached hydrogen (secondary N) is 1. The Balaban J connectivity index is 1.67. The highest BCUT2D eigenvalue weighted by Gasteiger charge is 2.32. The van der Waals surface area contributed by atoms with Gasteiger partial charge < -0.3 is 14.7 Å². The summed E-state index contributed by atoms with van der Waals surface area (Å²) in [6, 6.07) is 6.05. The van der Waals surface area contributed by atoms with Crippen LogP contribution in [0.4, 0.5) is 5.82 Å². The van der Waals surface area contributed by atoms with E-state index in [1.54, 1.807) is 0 Å². The zero-order valence-corrected chi connectivity index (χ0v) is 18.5. The molecule has 4 rings (SSSR count). The van der Waals surface area contributed by atoms with E-state index in [0.29, 0.717) is 30.0 Å². The molecule has 0 radical (unpaired) electrons. The van der Waals surface area contributed by atoms with Crippen molar-refractivity contribution in [1.82, 2.24) is 19.4 Å². The van der Waals surface area contributed by atoms with Crippen LogP contribution in [-0.2, 0) is 6.42 Å². The molecule has 3 aromatic rings. The molecule has 1 saturated heterocycles. The molecule has 1 atom stereocenters. The summed E-state index contributed by atoms with van der Waals surface area (Å²) >= 11 is 0. The number of piperidine rings is 1. The van der Waals surface area contributed by atoms with Gasteiger partial charge in [0.05, 0.1) is 11.4 Å². The van der Waals surface area contributed by atoms with Gasteiger partial charge in [-0.25, -0.2) is 4.98 Å². The Morgan fingerprint density at radius 2 is 2.13 bits per heavy atom. The van der Waals surface area contributed by atoms with E-state index in [9.17, 15) is 4.79 Å².